The molecule has 0 saturated heterocycles. The van der Waals surface area contributed by atoms with Gasteiger partial charge in [0.1, 0.15) is 11.5 Å². The summed E-state index contributed by atoms with van der Waals surface area (Å²) in [6.07, 6.45) is 2.58. The number of nitrogens with one attached hydrogen (secondary N) is 1. The van der Waals surface area contributed by atoms with Crippen LogP contribution in [0, 0.1) is 0 Å². The Morgan fingerprint density at radius 1 is 1.53 bits per heavy atom. The maximum atomic E-state index is 5.40. The molecular formula is C13H17NO2S. The lowest BCUT2D eigenvalue weighted by molar-refractivity contribution is 0.415. The topological polar surface area (TPSA) is 34.4 Å². The summed E-state index contributed by atoms with van der Waals surface area (Å²) < 4.78 is 10.6. The summed E-state index contributed by atoms with van der Waals surface area (Å²) in [6, 6.07) is 6.31. The van der Waals surface area contributed by atoms with Gasteiger partial charge in [0.25, 0.3) is 0 Å². The van der Waals surface area contributed by atoms with Crippen molar-refractivity contribution in [1.82, 2.24) is 5.32 Å². The number of rotatable bonds is 6. The molecule has 2 aromatic rings. The van der Waals surface area contributed by atoms with Crippen molar-refractivity contribution in [3.05, 3.63) is 40.5 Å². The lowest BCUT2D eigenvalue weighted by Crippen LogP contribution is -2.21. The van der Waals surface area contributed by atoms with E-state index >= 15 is 0 Å². The van der Waals surface area contributed by atoms with E-state index in [9.17, 15) is 0 Å². The van der Waals surface area contributed by atoms with Gasteiger partial charge in [0.2, 0.25) is 0 Å². The maximum absolute atomic E-state index is 5.40. The molecule has 0 fully saturated rings. The minimum absolute atomic E-state index is 0.292. The lowest BCUT2D eigenvalue weighted by Gasteiger charge is -2.14. The Morgan fingerprint density at radius 2 is 2.41 bits per heavy atom. The van der Waals surface area contributed by atoms with Crippen molar-refractivity contribution in [3.8, 4) is 5.75 Å². The highest BCUT2D eigenvalue weighted by molar-refractivity contribution is 7.10. The standard InChI is InChI=1S/C13H17NO2S/c1-3-14-12(7-10-5-4-6-16-10)13-8-11(15-2)9-17-13/h4-6,8-9,12,14H,3,7H2,1-2H3. The average Bonchev–Trinajstić information content (AvgIpc) is 2.99. The molecule has 0 aromatic carbocycles. The van der Waals surface area contributed by atoms with Crippen LogP contribution in [0.2, 0.25) is 0 Å². The van der Waals surface area contributed by atoms with Crippen LogP contribution in [0.4, 0.5) is 0 Å². The molecule has 0 amide bonds. The third kappa shape index (κ3) is 3.11. The number of likely N-dealkylation sites (N-methyl/N-ethyl adjacent to an activating group) is 1. The Bertz CT molecular complexity index is 436. The van der Waals surface area contributed by atoms with Crippen LogP contribution in [0.3, 0.4) is 0 Å². The van der Waals surface area contributed by atoms with Crippen LogP contribution in [0.15, 0.2) is 34.3 Å². The van der Waals surface area contributed by atoms with Gasteiger partial charge in [-0.15, -0.1) is 11.3 Å². The predicted octanol–water partition coefficient (Wildman–Crippen LogP) is 3.24. The zero-order valence-corrected chi connectivity index (χ0v) is 10.9. The van der Waals surface area contributed by atoms with Crippen molar-refractivity contribution in [2.24, 2.45) is 0 Å². The molecule has 1 atom stereocenters. The highest BCUT2D eigenvalue weighted by Crippen LogP contribution is 2.29. The summed E-state index contributed by atoms with van der Waals surface area (Å²) >= 11 is 1.71. The number of ether oxygens (including phenoxy) is 1. The second-order valence-electron chi connectivity index (χ2n) is 3.78. The fraction of sp³-hybridized carbons (Fsp3) is 0.385. The molecule has 3 nitrogen and oxygen atoms in total. The van der Waals surface area contributed by atoms with E-state index in [1.807, 2.05) is 17.5 Å². The second-order valence-corrected chi connectivity index (χ2v) is 4.73. The summed E-state index contributed by atoms with van der Waals surface area (Å²) in [5, 5.41) is 5.50. The highest BCUT2D eigenvalue weighted by atomic mass is 32.1. The molecule has 2 aromatic heterocycles. The van der Waals surface area contributed by atoms with E-state index in [1.165, 1.54) is 4.88 Å². The Balaban J connectivity index is 2.10. The normalized spacial score (nSPS) is 12.6. The third-order valence-corrected chi connectivity index (χ3v) is 3.64. The van der Waals surface area contributed by atoms with Crippen molar-refractivity contribution >= 4 is 11.3 Å². The van der Waals surface area contributed by atoms with E-state index in [0.717, 1.165) is 24.5 Å². The van der Waals surface area contributed by atoms with Gasteiger partial charge in [-0.05, 0) is 24.7 Å². The first kappa shape index (κ1) is 12.2. The Morgan fingerprint density at radius 3 is 3.00 bits per heavy atom. The van der Waals surface area contributed by atoms with Crippen LogP contribution in [0.25, 0.3) is 0 Å². The monoisotopic (exact) mass is 251 g/mol. The minimum atomic E-state index is 0.292. The molecule has 0 saturated carbocycles. The molecule has 0 aliphatic rings. The Labute approximate surface area is 105 Å². The van der Waals surface area contributed by atoms with Gasteiger partial charge in [-0.25, -0.2) is 0 Å². The van der Waals surface area contributed by atoms with E-state index in [-0.39, 0.29) is 0 Å². The molecule has 0 aliphatic heterocycles. The largest absolute Gasteiger partial charge is 0.496 e. The van der Waals surface area contributed by atoms with Crippen molar-refractivity contribution in [3.63, 3.8) is 0 Å². The maximum Gasteiger partial charge on any atom is 0.129 e. The minimum Gasteiger partial charge on any atom is -0.496 e. The van der Waals surface area contributed by atoms with Crippen LogP contribution in [0.1, 0.15) is 23.6 Å². The van der Waals surface area contributed by atoms with Gasteiger partial charge in [0, 0.05) is 22.7 Å². The van der Waals surface area contributed by atoms with Crippen molar-refractivity contribution in [2.75, 3.05) is 13.7 Å². The van der Waals surface area contributed by atoms with Crippen LogP contribution >= 0.6 is 11.3 Å². The van der Waals surface area contributed by atoms with E-state index in [4.69, 9.17) is 9.15 Å². The molecule has 0 aliphatic carbocycles. The zero-order valence-electron chi connectivity index (χ0n) is 10.1. The third-order valence-electron chi connectivity index (χ3n) is 2.61. The molecule has 2 rings (SSSR count). The van der Waals surface area contributed by atoms with Crippen LogP contribution in [-0.4, -0.2) is 13.7 Å². The van der Waals surface area contributed by atoms with Gasteiger partial charge in [-0.3, -0.25) is 0 Å². The molecule has 17 heavy (non-hydrogen) atoms. The summed E-state index contributed by atoms with van der Waals surface area (Å²) in [7, 11) is 1.70. The smallest absolute Gasteiger partial charge is 0.129 e. The molecule has 0 radical (unpaired) electrons. The van der Waals surface area contributed by atoms with E-state index in [2.05, 4.69) is 18.3 Å². The van der Waals surface area contributed by atoms with Gasteiger partial charge in [-0.2, -0.15) is 0 Å². The predicted molar refractivity (Wildman–Crippen MR) is 69.7 cm³/mol. The Kier molecular flexibility index (Phi) is 4.23. The number of furan rings is 1. The average molecular weight is 251 g/mol. The lowest BCUT2D eigenvalue weighted by atomic mass is 10.1. The molecule has 1 N–H and O–H groups in total. The molecule has 2 heterocycles. The van der Waals surface area contributed by atoms with Crippen molar-refractivity contribution in [1.29, 1.82) is 0 Å². The molecule has 0 bridgehead atoms. The fourth-order valence-electron chi connectivity index (χ4n) is 1.77. The Hall–Kier alpha value is -1.26. The van der Waals surface area contributed by atoms with Gasteiger partial charge in [-0.1, -0.05) is 6.92 Å². The quantitative estimate of drug-likeness (QED) is 0.856. The van der Waals surface area contributed by atoms with E-state index < -0.39 is 0 Å². The van der Waals surface area contributed by atoms with Gasteiger partial charge >= 0.3 is 0 Å². The highest BCUT2D eigenvalue weighted by Gasteiger charge is 2.15. The number of hydrogen-bond donors (Lipinski definition) is 1. The molecule has 1 unspecified atom stereocenters. The molecular weight excluding hydrogens is 234 g/mol. The van der Waals surface area contributed by atoms with Crippen molar-refractivity contribution < 1.29 is 9.15 Å². The molecule has 0 spiro atoms. The first-order valence-corrected chi connectivity index (χ1v) is 6.59. The van der Waals surface area contributed by atoms with Gasteiger partial charge in [0.05, 0.1) is 13.4 Å². The number of hydrogen-bond acceptors (Lipinski definition) is 4. The first-order valence-electron chi connectivity index (χ1n) is 5.71. The number of thiophene rings is 1. The van der Waals surface area contributed by atoms with Crippen LogP contribution in [-0.2, 0) is 6.42 Å². The number of methoxy groups -OCH3 is 1. The zero-order chi connectivity index (χ0) is 12.1. The van der Waals surface area contributed by atoms with Crippen LogP contribution in [0.5, 0.6) is 5.75 Å². The fourth-order valence-corrected chi connectivity index (χ4v) is 2.71. The van der Waals surface area contributed by atoms with Crippen LogP contribution < -0.4 is 10.1 Å². The van der Waals surface area contributed by atoms with Crippen molar-refractivity contribution in [2.45, 2.75) is 19.4 Å². The van der Waals surface area contributed by atoms with Gasteiger partial charge < -0.3 is 14.5 Å². The van der Waals surface area contributed by atoms with E-state index in [0.29, 0.717) is 6.04 Å². The first-order chi connectivity index (χ1) is 8.33. The molecule has 92 valence electrons. The summed E-state index contributed by atoms with van der Waals surface area (Å²) in [5.74, 6) is 1.93. The second kappa shape index (κ2) is 5.89. The van der Waals surface area contributed by atoms with Gasteiger partial charge in [0.15, 0.2) is 0 Å². The summed E-state index contributed by atoms with van der Waals surface area (Å²) in [6.45, 7) is 3.05. The SMILES string of the molecule is CCNC(Cc1ccco1)c1cc(OC)cs1. The summed E-state index contributed by atoms with van der Waals surface area (Å²) in [4.78, 5) is 1.28. The van der Waals surface area contributed by atoms with E-state index in [1.54, 1.807) is 24.7 Å². The summed E-state index contributed by atoms with van der Waals surface area (Å²) in [5.41, 5.74) is 0. The molecule has 4 heteroatoms.